The van der Waals surface area contributed by atoms with Crippen molar-refractivity contribution in [3.05, 3.63) is 51.6 Å². The molecular weight excluding hydrogens is 366 g/mol. The van der Waals surface area contributed by atoms with Crippen molar-refractivity contribution < 1.29 is 13.9 Å². The Labute approximate surface area is 160 Å². The van der Waals surface area contributed by atoms with Crippen molar-refractivity contribution >= 4 is 28.7 Å². The lowest BCUT2D eigenvalue weighted by Gasteiger charge is -2.07. The molecule has 0 fully saturated rings. The predicted octanol–water partition coefficient (Wildman–Crippen LogP) is 2.88. The molecule has 8 heteroatoms. The molecule has 0 saturated carbocycles. The molecule has 0 aliphatic heterocycles. The van der Waals surface area contributed by atoms with E-state index in [-0.39, 0.29) is 18.0 Å². The first-order chi connectivity index (χ1) is 13.0. The van der Waals surface area contributed by atoms with Gasteiger partial charge in [0.2, 0.25) is 0 Å². The van der Waals surface area contributed by atoms with E-state index in [0.717, 1.165) is 22.9 Å². The maximum absolute atomic E-state index is 11.9. The SMILES string of the molecule is CCOC(=O)Cc1nnc(SCc2cc(=O)oc3cc(CC)ccc23)n1C. The zero-order chi connectivity index (χ0) is 19.4. The molecule has 2 heterocycles. The number of ether oxygens (including phenoxy) is 1. The topological polar surface area (TPSA) is 87.2 Å². The van der Waals surface area contributed by atoms with E-state index in [2.05, 4.69) is 17.1 Å². The van der Waals surface area contributed by atoms with Gasteiger partial charge in [0.25, 0.3) is 0 Å². The number of thioether (sulfide) groups is 1. The second-order valence-electron chi connectivity index (χ2n) is 6.00. The van der Waals surface area contributed by atoms with Gasteiger partial charge in [0.05, 0.1) is 6.61 Å². The van der Waals surface area contributed by atoms with Gasteiger partial charge in [-0.2, -0.15) is 0 Å². The van der Waals surface area contributed by atoms with Crippen LogP contribution in [0.1, 0.15) is 30.8 Å². The van der Waals surface area contributed by atoms with E-state index in [0.29, 0.717) is 28.9 Å². The first kappa shape index (κ1) is 19.2. The number of hydrogen-bond acceptors (Lipinski definition) is 7. The number of rotatable bonds is 7. The van der Waals surface area contributed by atoms with Gasteiger partial charge in [-0.25, -0.2) is 4.79 Å². The van der Waals surface area contributed by atoms with E-state index < -0.39 is 0 Å². The highest BCUT2D eigenvalue weighted by Gasteiger charge is 2.15. The molecule has 27 heavy (non-hydrogen) atoms. The molecule has 0 unspecified atom stereocenters. The first-order valence-corrected chi connectivity index (χ1v) is 9.72. The monoisotopic (exact) mass is 387 g/mol. The number of carbonyl (C=O) groups excluding carboxylic acids is 1. The molecule has 142 valence electrons. The van der Waals surface area contributed by atoms with Gasteiger partial charge in [-0.05, 0) is 30.5 Å². The van der Waals surface area contributed by atoms with Gasteiger partial charge >= 0.3 is 11.6 Å². The lowest BCUT2D eigenvalue weighted by Crippen LogP contribution is -2.11. The van der Waals surface area contributed by atoms with Gasteiger partial charge in [-0.1, -0.05) is 30.8 Å². The van der Waals surface area contributed by atoms with Gasteiger partial charge in [0.15, 0.2) is 5.16 Å². The van der Waals surface area contributed by atoms with Crippen molar-refractivity contribution in [1.29, 1.82) is 0 Å². The molecule has 3 rings (SSSR count). The van der Waals surface area contributed by atoms with Crippen LogP contribution in [0.4, 0.5) is 0 Å². The van der Waals surface area contributed by atoms with Crippen molar-refractivity contribution in [2.24, 2.45) is 7.05 Å². The molecular formula is C19H21N3O4S. The van der Waals surface area contributed by atoms with Crippen LogP contribution in [0.2, 0.25) is 0 Å². The fourth-order valence-electron chi connectivity index (χ4n) is 2.72. The number of hydrogen-bond donors (Lipinski definition) is 0. The molecule has 0 saturated heterocycles. The molecule has 0 aliphatic carbocycles. The highest BCUT2D eigenvalue weighted by molar-refractivity contribution is 7.98. The van der Waals surface area contributed by atoms with Crippen LogP contribution in [-0.4, -0.2) is 27.3 Å². The van der Waals surface area contributed by atoms with Crippen LogP contribution >= 0.6 is 11.8 Å². The molecule has 0 bridgehead atoms. The molecule has 1 aromatic carbocycles. The molecule has 0 amide bonds. The number of esters is 1. The van der Waals surface area contributed by atoms with E-state index in [1.165, 1.54) is 17.8 Å². The maximum atomic E-state index is 11.9. The normalized spacial score (nSPS) is 11.1. The molecule has 0 radical (unpaired) electrons. The number of fused-ring (bicyclic) bond motifs is 1. The average molecular weight is 387 g/mol. The third-order valence-corrected chi connectivity index (χ3v) is 5.26. The van der Waals surface area contributed by atoms with Crippen LogP contribution < -0.4 is 5.63 Å². The lowest BCUT2D eigenvalue weighted by molar-refractivity contribution is -0.142. The van der Waals surface area contributed by atoms with E-state index in [9.17, 15) is 9.59 Å². The summed E-state index contributed by atoms with van der Waals surface area (Å²) in [5, 5.41) is 9.78. The van der Waals surface area contributed by atoms with Crippen molar-refractivity contribution in [2.75, 3.05) is 6.61 Å². The molecule has 0 spiro atoms. The van der Waals surface area contributed by atoms with E-state index in [4.69, 9.17) is 9.15 Å². The van der Waals surface area contributed by atoms with Gasteiger partial charge in [0, 0.05) is 24.3 Å². The minimum Gasteiger partial charge on any atom is -0.466 e. The highest BCUT2D eigenvalue weighted by Crippen LogP contribution is 2.26. The summed E-state index contributed by atoms with van der Waals surface area (Å²) in [6.45, 7) is 4.16. The van der Waals surface area contributed by atoms with Crippen LogP contribution in [0.3, 0.4) is 0 Å². The minimum absolute atomic E-state index is 0.0789. The van der Waals surface area contributed by atoms with Gasteiger partial charge in [0.1, 0.15) is 17.8 Å². The van der Waals surface area contributed by atoms with Crippen LogP contribution in [0.25, 0.3) is 11.0 Å². The van der Waals surface area contributed by atoms with Crippen molar-refractivity contribution in [3.63, 3.8) is 0 Å². The van der Waals surface area contributed by atoms with E-state index >= 15 is 0 Å². The fourth-order valence-corrected chi connectivity index (χ4v) is 3.64. The van der Waals surface area contributed by atoms with Gasteiger partial charge < -0.3 is 13.7 Å². The Morgan fingerprint density at radius 1 is 1.26 bits per heavy atom. The number of aryl methyl sites for hydroxylation is 1. The third kappa shape index (κ3) is 4.39. The van der Waals surface area contributed by atoms with E-state index in [1.54, 1.807) is 11.5 Å². The molecule has 3 aromatic rings. The smallest absolute Gasteiger partial charge is 0.336 e. The Hall–Kier alpha value is -2.61. The molecule has 2 aromatic heterocycles. The number of carbonyl (C=O) groups is 1. The summed E-state index contributed by atoms with van der Waals surface area (Å²) < 4.78 is 12.1. The first-order valence-electron chi connectivity index (χ1n) is 8.74. The largest absolute Gasteiger partial charge is 0.466 e. The summed E-state index contributed by atoms with van der Waals surface area (Å²) in [7, 11) is 1.81. The number of benzene rings is 1. The van der Waals surface area contributed by atoms with Gasteiger partial charge in [-0.15, -0.1) is 10.2 Å². The number of nitrogens with zero attached hydrogens (tertiary/aromatic N) is 3. The van der Waals surface area contributed by atoms with Crippen LogP contribution in [0, 0.1) is 0 Å². The summed E-state index contributed by atoms with van der Waals surface area (Å²) in [5.41, 5.74) is 2.22. The minimum atomic E-state index is -0.368. The van der Waals surface area contributed by atoms with Crippen LogP contribution in [0.5, 0.6) is 0 Å². The second-order valence-corrected chi connectivity index (χ2v) is 6.95. The van der Waals surface area contributed by atoms with E-state index in [1.807, 2.05) is 25.2 Å². The van der Waals surface area contributed by atoms with Crippen LogP contribution in [-0.2, 0) is 35.2 Å². The summed E-state index contributed by atoms with van der Waals surface area (Å²) in [6, 6.07) is 7.44. The van der Waals surface area contributed by atoms with Crippen molar-refractivity contribution in [3.8, 4) is 0 Å². The highest BCUT2D eigenvalue weighted by atomic mass is 32.2. The summed E-state index contributed by atoms with van der Waals surface area (Å²) in [6.07, 6.45) is 0.955. The second kappa shape index (κ2) is 8.39. The van der Waals surface area contributed by atoms with Crippen molar-refractivity contribution in [2.45, 2.75) is 37.6 Å². The summed E-state index contributed by atoms with van der Waals surface area (Å²) >= 11 is 1.45. The Morgan fingerprint density at radius 3 is 2.81 bits per heavy atom. The predicted molar refractivity (Wildman–Crippen MR) is 103 cm³/mol. The summed E-state index contributed by atoms with van der Waals surface area (Å²) in [5.74, 6) is 0.753. The molecule has 0 N–H and O–H groups in total. The van der Waals surface area contributed by atoms with Crippen molar-refractivity contribution in [1.82, 2.24) is 14.8 Å². The summed E-state index contributed by atoms with van der Waals surface area (Å²) in [4.78, 5) is 23.5. The molecule has 0 atom stereocenters. The fraction of sp³-hybridized carbons (Fsp3) is 0.368. The Bertz CT molecular complexity index is 1030. The van der Waals surface area contributed by atoms with Crippen LogP contribution in [0.15, 0.2) is 38.6 Å². The lowest BCUT2D eigenvalue weighted by atomic mass is 10.1. The zero-order valence-corrected chi connectivity index (χ0v) is 16.3. The molecule has 7 nitrogen and oxygen atoms in total. The zero-order valence-electron chi connectivity index (χ0n) is 15.5. The quantitative estimate of drug-likeness (QED) is 0.350. The Morgan fingerprint density at radius 2 is 2.07 bits per heavy atom. The Balaban J connectivity index is 1.80. The maximum Gasteiger partial charge on any atom is 0.336 e. The standard InChI is InChI=1S/C19H21N3O4S/c1-4-12-6-7-14-13(9-18(24)26-15(14)8-12)11-27-19-21-20-16(22(19)3)10-17(23)25-5-2/h6-9H,4-5,10-11H2,1-3H3. The molecule has 0 aliphatic rings. The number of aromatic nitrogens is 3. The Kier molecular flexibility index (Phi) is 5.95. The third-order valence-electron chi connectivity index (χ3n) is 4.19. The van der Waals surface area contributed by atoms with Gasteiger partial charge in [-0.3, -0.25) is 4.79 Å². The average Bonchev–Trinajstić information content (AvgIpc) is 2.99.